The summed E-state index contributed by atoms with van der Waals surface area (Å²) in [6.07, 6.45) is 4.20. The topological polar surface area (TPSA) is 51.0 Å². The van der Waals surface area contributed by atoms with Crippen LogP contribution in [-0.2, 0) is 21.7 Å². The van der Waals surface area contributed by atoms with Gasteiger partial charge in [0.15, 0.2) is 11.3 Å². The molecule has 0 spiro atoms. The first-order valence-corrected chi connectivity index (χ1v) is 21.2. The normalized spacial score (nSPS) is 14.8. The Labute approximate surface area is 352 Å². The lowest BCUT2D eigenvalue weighted by molar-refractivity contribution is 0.0887. The van der Waals surface area contributed by atoms with Crippen molar-refractivity contribution in [3.8, 4) is 11.1 Å². The molecule has 0 N–H and O–H groups in total. The number of hydrogen-bond acceptors (Lipinski definition) is 3. The van der Waals surface area contributed by atoms with E-state index in [0.29, 0.717) is 22.3 Å². The largest absolute Gasteiger partial charge is 0.453 e. The highest BCUT2D eigenvalue weighted by molar-refractivity contribution is 6.23. The van der Waals surface area contributed by atoms with Crippen LogP contribution in [0.4, 0.5) is 0 Å². The van der Waals surface area contributed by atoms with Crippen LogP contribution < -0.4 is 10.6 Å². The molecule has 302 valence electrons. The standard InChI is InChI=1S/C55H54N2O3/c1-30-41-44(46-50-42(37(28-56(30)46)31-20-16-14-17-21-31)35-24-33(52(2,3)4)27-40(48(35)60-50)55(11,12)13)51(58)57-29-38(32-22-18-15-19-23-32)43-36-25-34(53(5,6)7)26-39(54(8,9)10)47(36)59-49(43)45(41)57/h14-29H,1H2,2-13H3. The van der Waals surface area contributed by atoms with Gasteiger partial charge in [0.05, 0.1) is 5.56 Å². The summed E-state index contributed by atoms with van der Waals surface area (Å²) >= 11 is 0. The average Bonchev–Trinajstić information content (AvgIpc) is 3.91. The van der Waals surface area contributed by atoms with E-state index in [2.05, 4.69) is 166 Å². The third-order valence-electron chi connectivity index (χ3n) is 12.8. The molecule has 0 radical (unpaired) electrons. The summed E-state index contributed by atoms with van der Waals surface area (Å²) in [6.45, 7) is 31.8. The minimum Gasteiger partial charge on any atom is -0.453 e. The van der Waals surface area contributed by atoms with Crippen molar-refractivity contribution in [3.05, 3.63) is 153 Å². The van der Waals surface area contributed by atoms with Crippen LogP contribution >= 0.6 is 0 Å². The number of furan rings is 2. The molecule has 0 unspecified atom stereocenters. The second kappa shape index (κ2) is 12.3. The number of pyridine rings is 1. The van der Waals surface area contributed by atoms with Crippen LogP contribution in [0.5, 0.6) is 0 Å². The van der Waals surface area contributed by atoms with Gasteiger partial charge in [-0.15, -0.1) is 0 Å². The van der Waals surface area contributed by atoms with E-state index in [1.165, 1.54) is 11.1 Å². The molecule has 0 saturated carbocycles. The van der Waals surface area contributed by atoms with Crippen LogP contribution in [0.2, 0.25) is 0 Å². The van der Waals surface area contributed by atoms with E-state index < -0.39 is 0 Å². The number of carbonyl (C=O) groups is 1. The zero-order valence-corrected chi connectivity index (χ0v) is 37.1. The SMILES string of the molecule is C=c1c2c(c3c4oc5c(C(C)(C)C)cc(C(C)(C)C)cc5c4c(-c4ccccc4)cn13)C(=O)N1C=C(c3ccccc3)c3c(oc4c(C(C)(C)C)cc(C(C)(C)C)cc34)C=21. The van der Waals surface area contributed by atoms with Gasteiger partial charge >= 0.3 is 0 Å². The van der Waals surface area contributed by atoms with Gasteiger partial charge in [-0.2, -0.15) is 0 Å². The lowest BCUT2D eigenvalue weighted by atomic mass is 9.79. The van der Waals surface area contributed by atoms with Crippen molar-refractivity contribution < 1.29 is 13.6 Å². The van der Waals surface area contributed by atoms with Gasteiger partial charge in [-0.25, -0.2) is 0 Å². The Morgan fingerprint density at radius 1 is 0.583 bits per heavy atom. The molecule has 0 atom stereocenters. The predicted molar refractivity (Wildman–Crippen MR) is 248 cm³/mol. The summed E-state index contributed by atoms with van der Waals surface area (Å²) in [5, 5.41) is 4.59. The van der Waals surface area contributed by atoms with Gasteiger partial charge in [-0.1, -0.05) is 162 Å². The van der Waals surface area contributed by atoms with Crippen molar-refractivity contribution in [3.63, 3.8) is 0 Å². The smallest absolute Gasteiger partial charge is 0.265 e. The molecule has 10 rings (SSSR count). The average molecular weight is 791 g/mol. The molecule has 4 aromatic carbocycles. The molecule has 8 aromatic rings. The lowest BCUT2D eigenvalue weighted by Crippen LogP contribution is -2.29. The van der Waals surface area contributed by atoms with Crippen molar-refractivity contribution in [2.75, 3.05) is 0 Å². The third-order valence-corrected chi connectivity index (χ3v) is 12.8. The fraction of sp³-hybridized carbons (Fsp3) is 0.291. The zero-order chi connectivity index (χ0) is 42.6. The number of fused-ring (bicyclic) bond motifs is 12. The Hall–Kier alpha value is -6.07. The maximum atomic E-state index is 15.4. The van der Waals surface area contributed by atoms with Gasteiger partial charge in [0.2, 0.25) is 0 Å². The van der Waals surface area contributed by atoms with Crippen LogP contribution in [-0.4, -0.2) is 15.2 Å². The maximum Gasteiger partial charge on any atom is 0.265 e. The van der Waals surface area contributed by atoms with Gasteiger partial charge < -0.3 is 13.2 Å². The summed E-state index contributed by atoms with van der Waals surface area (Å²) in [6, 6.07) is 30.1. The number of amides is 1. The highest BCUT2D eigenvalue weighted by Crippen LogP contribution is 2.49. The van der Waals surface area contributed by atoms with E-state index in [4.69, 9.17) is 15.4 Å². The van der Waals surface area contributed by atoms with Crippen molar-refractivity contribution in [2.24, 2.45) is 0 Å². The molecule has 1 amide bonds. The Kier molecular flexibility index (Phi) is 7.79. The van der Waals surface area contributed by atoms with E-state index >= 15 is 4.79 Å². The predicted octanol–water partition coefficient (Wildman–Crippen LogP) is 12.9. The first kappa shape index (κ1) is 38.2. The molecule has 4 aromatic heterocycles. The fourth-order valence-corrected chi connectivity index (χ4v) is 9.46. The van der Waals surface area contributed by atoms with Gasteiger partial charge in [-0.05, 0) is 56.0 Å². The van der Waals surface area contributed by atoms with Crippen LogP contribution in [0, 0.1) is 0 Å². The molecule has 6 heterocycles. The molecular weight excluding hydrogens is 737 g/mol. The molecule has 5 nitrogen and oxygen atoms in total. The summed E-state index contributed by atoms with van der Waals surface area (Å²) in [5.41, 5.74) is 13.6. The molecule has 5 heteroatoms. The van der Waals surface area contributed by atoms with E-state index in [1.807, 2.05) is 23.2 Å². The zero-order valence-electron chi connectivity index (χ0n) is 37.1. The number of carbonyl (C=O) groups excluding carboxylic acids is 1. The molecule has 0 aliphatic carbocycles. The molecule has 0 saturated heterocycles. The minimum absolute atomic E-state index is 0.102. The minimum atomic E-state index is -0.209. The first-order chi connectivity index (χ1) is 28.1. The number of nitrogens with zero attached hydrogens (tertiary/aromatic N) is 2. The van der Waals surface area contributed by atoms with E-state index in [9.17, 15) is 0 Å². The van der Waals surface area contributed by atoms with Crippen molar-refractivity contribution >= 4 is 62.2 Å². The third kappa shape index (κ3) is 5.40. The monoisotopic (exact) mass is 790 g/mol. The summed E-state index contributed by atoms with van der Waals surface area (Å²) in [4.78, 5) is 17.2. The second-order valence-corrected chi connectivity index (χ2v) is 21.2. The van der Waals surface area contributed by atoms with E-state index in [-0.39, 0.29) is 27.6 Å². The number of rotatable bonds is 2. The van der Waals surface area contributed by atoms with Gasteiger partial charge in [0.1, 0.15) is 22.4 Å². The molecule has 2 aliphatic heterocycles. The number of hydrogen-bond donors (Lipinski definition) is 0. The van der Waals surface area contributed by atoms with Crippen molar-refractivity contribution in [2.45, 2.75) is 105 Å². The van der Waals surface area contributed by atoms with E-state index in [0.717, 1.165) is 82.7 Å². The molecular formula is C55H54N2O3. The Morgan fingerprint density at radius 2 is 1.12 bits per heavy atom. The quantitative estimate of drug-likeness (QED) is 0.175. The van der Waals surface area contributed by atoms with Crippen LogP contribution in [0.25, 0.3) is 67.4 Å². The van der Waals surface area contributed by atoms with Crippen LogP contribution in [0.3, 0.4) is 0 Å². The number of benzene rings is 4. The van der Waals surface area contributed by atoms with Crippen LogP contribution in [0.15, 0.2) is 106 Å². The summed E-state index contributed by atoms with van der Waals surface area (Å²) in [7, 11) is 0. The number of aromatic nitrogens is 1. The first-order valence-electron chi connectivity index (χ1n) is 21.2. The second-order valence-electron chi connectivity index (χ2n) is 21.2. The molecule has 2 aliphatic rings. The molecule has 0 bridgehead atoms. The van der Waals surface area contributed by atoms with Gasteiger partial charge in [0, 0.05) is 67.0 Å². The lowest BCUT2D eigenvalue weighted by Gasteiger charge is -2.26. The maximum absolute atomic E-state index is 15.4. The Bertz CT molecular complexity index is 3300. The van der Waals surface area contributed by atoms with Crippen molar-refractivity contribution in [1.29, 1.82) is 0 Å². The summed E-state index contributed by atoms with van der Waals surface area (Å²) < 4.78 is 16.6. The summed E-state index contributed by atoms with van der Waals surface area (Å²) in [5.74, 6) is 0.559. The van der Waals surface area contributed by atoms with Crippen molar-refractivity contribution in [1.82, 2.24) is 9.30 Å². The van der Waals surface area contributed by atoms with Gasteiger partial charge in [-0.3, -0.25) is 9.69 Å². The molecule has 0 fully saturated rings. The van der Waals surface area contributed by atoms with Crippen LogP contribution in [0.1, 0.15) is 133 Å². The Morgan fingerprint density at radius 3 is 1.67 bits per heavy atom. The molecule has 60 heavy (non-hydrogen) atoms. The highest BCUT2D eigenvalue weighted by atomic mass is 16.3. The highest BCUT2D eigenvalue weighted by Gasteiger charge is 2.42. The van der Waals surface area contributed by atoms with E-state index in [1.54, 1.807) is 0 Å². The Balaban J connectivity index is 1.40. The fourth-order valence-electron chi connectivity index (χ4n) is 9.46. The van der Waals surface area contributed by atoms with Gasteiger partial charge in [0.25, 0.3) is 5.91 Å².